The molecule has 1 amide bonds. The molecule has 1 heterocycles. The Hall–Kier alpha value is -1.31. The molecule has 1 spiro atoms. The second-order valence-corrected chi connectivity index (χ2v) is 7.40. The molecule has 0 aromatic heterocycles. The van der Waals surface area contributed by atoms with Crippen LogP contribution in [-0.2, 0) is 11.3 Å². The zero-order chi connectivity index (χ0) is 15.6. The Kier molecular flexibility index (Phi) is 4.56. The van der Waals surface area contributed by atoms with Crippen LogP contribution in [0.1, 0.15) is 82.3 Å². The highest BCUT2D eigenvalue weighted by atomic mass is 16.2. The third kappa shape index (κ3) is 2.93. The molecule has 22 heavy (non-hydrogen) atoms. The Morgan fingerprint density at radius 3 is 2.41 bits per heavy atom. The third-order valence-corrected chi connectivity index (χ3v) is 5.84. The van der Waals surface area contributed by atoms with Crippen molar-refractivity contribution >= 4 is 5.91 Å². The Morgan fingerprint density at radius 2 is 1.73 bits per heavy atom. The van der Waals surface area contributed by atoms with Crippen LogP contribution in [0.5, 0.6) is 0 Å². The summed E-state index contributed by atoms with van der Waals surface area (Å²) in [5, 5.41) is 0. The molecule has 120 valence electrons. The maximum Gasteiger partial charge on any atom is 0.220 e. The van der Waals surface area contributed by atoms with Crippen LogP contribution in [-0.4, -0.2) is 16.3 Å². The summed E-state index contributed by atoms with van der Waals surface area (Å²) in [5.74, 6) is 0.796. The topological polar surface area (TPSA) is 20.3 Å². The summed E-state index contributed by atoms with van der Waals surface area (Å²) in [5.41, 5.74) is 2.89. The molecule has 1 aliphatic carbocycles. The molecule has 0 saturated heterocycles. The number of fused-ring (bicyclic) bond motifs is 1. The molecule has 1 fully saturated rings. The van der Waals surface area contributed by atoms with E-state index in [0.717, 1.165) is 13.0 Å². The van der Waals surface area contributed by atoms with Gasteiger partial charge in [0.05, 0.1) is 0 Å². The van der Waals surface area contributed by atoms with Crippen molar-refractivity contribution < 1.29 is 4.79 Å². The van der Waals surface area contributed by atoms with Gasteiger partial charge >= 0.3 is 0 Å². The molecule has 1 unspecified atom stereocenters. The highest BCUT2D eigenvalue weighted by Crippen LogP contribution is 2.43. The highest BCUT2D eigenvalue weighted by molar-refractivity contribution is 5.74. The van der Waals surface area contributed by atoms with Crippen molar-refractivity contribution in [3.05, 3.63) is 35.4 Å². The molecule has 2 heteroatoms. The lowest BCUT2D eigenvalue weighted by Gasteiger charge is -2.45. The first-order chi connectivity index (χ1) is 10.6. The van der Waals surface area contributed by atoms with Gasteiger partial charge in [-0.3, -0.25) is 4.79 Å². The molecule has 1 atom stereocenters. The zero-order valence-corrected chi connectivity index (χ0v) is 14.1. The van der Waals surface area contributed by atoms with Gasteiger partial charge in [0.15, 0.2) is 0 Å². The van der Waals surface area contributed by atoms with Gasteiger partial charge < -0.3 is 4.90 Å². The fraction of sp³-hybridized carbons (Fsp3) is 0.650. The average Bonchev–Trinajstić information content (AvgIpc) is 2.59. The van der Waals surface area contributed by atoms with Crippen LogP contribution in [0.4, 0.5) is 0 Å². The van der Waals surface area contributed by atoms with E-state index in [-0.39, 0.29) is 11.4 Å². The Labute approximate surface area is 134 Å². The van der Waals surface area contributed by atoms with E-state index >= 15 is 0 Å². The molecule has 1 aromatic rings. The Balaban J connectivity index is 1.99. The maximum absolute atomic E-state index is 12.5. The molecular weight excluding hydrogens is 270 g/mol. The van der Waals surface area contributed by atoms with E-state index < -0.39 is 0 Å². The summed E-state index contributed by atoms with van der Waals surface area (Å²) in [6, 6.07) is 8.73. The van der Waals surface area contributed by atoms with Crippen LogP contribution in [0.25, 0.3) is 0 Å². The number of carbonyl (C=O) groups excluding carboxylic acids is 1. The van der Waals surface area contributed by atoms with Gasteiger partial charge in [-0.15, -0.1) is 0 Å². The van der Waals surface area contributed by atoms with Gasteiger partial charge in [-0.1, -0.05) is 63.3 Å². The lowest BCUT2D eigenvalue weighted by molar-refractivity contribution is -0.137. The number of nitrogens with zero attached hydrogens (tertiary/aromatic N) is 1. The van der Waals surface area contributed by atoms with E-state index in [1.807, 2.05) is 0 Å². The summed E-state index contributed by atoms with van der Waals surface area (Å²) in [6.45, 7) is 4.91. The lowest BCUT2D eigenvalue weighted by atomic mass is 9.76. The molecule has 0 bridgehead atoms. The Bertz CT molecular complexity index is 528. The summed E-state index contributed by atoms with van der Waals surface area (Å²) < 4.78 is 0. The molecule has 2 aliphatic rings. The van der Waals surface area contributed by atoms with Crippen LogP contribution in [0.2, 0.25) is 0 Å². The van der Waals surface area contributed by atoms with Crippen LogP contribution in [0.3, 0.4) is 0 Å². The first-order valence-corrected chi connectivity index (χ1v) is 8.98. The number of benzene rings is 1. The van der Waals surface area contributed by atoms with Crippen LogP contribution in [0, 0.1) is 0 Å². The Morgan fingerprint density at radius 1 is 1.09 bits per heavy atom. The van der Waals surface area contributed by atoms with E-state index in [2.05, 4.69) is 36.1 Å². The van der Waals surface area contributed by atoms with Crippen molar-refractivity contribution in [3.8, 4) is 0 Å². The maximum atomic E-state index is 12.5. The van der Waals surface area contributed by atoms with E-state index in [4.69, 9.17) is 0 Å². The lowest BCUT2D eigenvalue weighted by Crippen LogP contribution is -2.50. The van der Waals surface area contributed by atoms with Crippen LogP contribution >= 0.6 is 0 Å². The quantitative estimate of drug-likeness (QED) is 0.658. The average molecular weight is 299 g/mol. The summed E-state index contributed by atoms with van der Waals surface area (Å²) >= 11 is 0. The van der Waals surface area contributed by atoms with Crippen molar-refractivity contribution in [3.63, 3.8) is 0 Å². The van der Waals surface area contributed by atoms with Gasteiger partial charge in [-0.25, -0.2) is 0 Å². The van der Waals surface area contributed by atoms with E-state index in [9.17, 15) is 4.79 Å². The van der Waals surface area contributed by atoms with Gasteiger partial charge in [-0.05, 0) is 36.3 Å². The number of carbonyl (C=O) groups is 1. The van der Waals surface area contributed by atoms with Gasteiger partial charge in [0, 0.05) is 19.0 Å². The highest BCUT2D eigenvalue weighted by Gasteiger charge is 2.41. The summed E-state index contributed by atoms with van der Waals surface area (Å²) in [6.07, 6.45) is 10.1. The molecule has 0 radical (unpaired) electrons. The van der Waals surface area contributed by atoms with Gasteiger partial charge in [-0.2, -0.15) is 0 Å². The van der Waals surface area contributed by atoms with E-state index in [1.165, 1.54) is 56.1 Å². The van der Waals surface area contributed by atoms with Gasteiger partial charge in [0.1, 0.15) is 0 Å². The third-order valence-electron chi connectivity index (χ3n) is 5.84. The predicted octanol–water partition coefficient (Wildman–Crippen LogP) is 5.03. The molecule has 0 N–H and O–H groups in total. The van der Waals surface area contributed by atoms with Crippen molar-refractivity contribution in [2.75, 3.05) is 0 Å². The first kappa shape index (κ1) is 15.6. The van der Waals surface area contributed by atoms with Gasteiger partial charge in [0.25, 0.3) is 0 Å². The van der Waals surface area contributed by atoms with Crippen LogP contribution in [0.15, 0.2) is 24.3 Å². The minimum Gasteiger partial charge on any atom is -0.333 e. The predicted molar refractivity (Wildman–Crippen MR) is 90.7 cm³/mol. The normalized spacial score (nSPS) is 25.0. The standard InChI is InChI=1S/C20H29NO/c1-16-14-20(12-8-4-3-5-9-13-20)21(17(2)22)15-18-10-6-7-11-19(16)18/h6-7,10-11,16H,3-5,8-9,12-15H2,1-2H3. The number of hydrogen-bond donors (Lipinski definition) is 0. The van der Waals surface area contributed by atoms with Crippen molar-refractivity contribution in [1.29, 1.82) is 0 Å². The molecule has 1 aliphatic heterocycles. The molecule has 1 saturated carbocycles. The SMILES string of the molecule is CC(=O)N1Cc2ccccc2C(C)CC12CCCCCCC2. The van der Waals surface area contributed by atoms with E-state index in [0.29, 0.717) is 5.92 Å². The largest absolute Gasteiger partial charge is 0.333 e. The van der Waals surface area contributed by atoms with Crippen molar-refractivity contribution in [1.82, 2.24) is 4.90 Å². The number of hydrogen-bond acceptors (Lipinski definition) is 1. The fourth-order valence-corrected chi connectivity index (χ4v) is 4.77. The van der Waals surface area contributed by atoms with Gasteiger partial charge in [0.2, 0.25) is 5.91 Å². The molecule has 1 aromatic carbocycles. The summed E-state index contributed by atoms with van der Waals surface area (Å²) in [7, 11) is 0. The summed E-state index contributed by atoms with van der Waals surface area (Å²) in [4.78, 5) is 14.7. The number of rotatable bonds is 0. The monoisotopic (exact) mass is 299 g/mol. The second-order valence-electron chi connectivity index (χ2n) is 7.40. The molecular formula is C20H29NO. The smallest absolute Gasteiger partial charge is 0.220 e. The fourth-order valence-electron chi connectivity index (χ4n) is 4.77. The van der Waals surface area contributed by atoms with Crippen molar-refractivity contribution in [2.24, 2.45) is 0 Å². The minimum atomic E-state index is 0.0880. The molecule has 3 rings (SSSR count). The minimum absolute atomic E-state index is 0.0880. The van der Waals surface area contributed by atoms with Crippen molar-refractivity contribution in [2.45, 2.75) is 83.2 Å². The van der Waals surface area contributed by atoms with Crippen LogP contribution < -0.4 is 0 Å². The number of amides is 1. The molecule has 2 nitrogen and oxygen atoms in total. The first-order valence-electron chi connectivity index (χ1n) is 8.98. The second kappa shape index (κ2) is 6.44. The zero-order valence-electron chi connectivity index (χ0n) is 14.1. The van der Waals surface area contributed by atoms with E-state index in [1.54, 1.807) is 6.92 Å².